The number of carbonyl (C=O) groups excluding carboxylic acids is 3. The Hall–Kier alpha value is -2.45. The zero-order chi connectivity index (χ0) is 17.9. The minimum absolute atomic E-state index is 0.260. The lowest BCUT2D eigenvalue weighted by Crippen LogP contribution is -2.33. The van der Waals surface area contributed by atoms with Gasteiger partial charge in [-0.2, -0.15) is 0 Å². The van der Waals surface area contributed by atoms with Gasteiger partial charge in [-0.3, -0.25) is 14.4 Å². The summed E-state index contributed by atoms with van der Waals surface area (Å²) in [5, 5.41) is 11.1. The molecule has 8 heteroatoms. The largest absolute Gasteiger partial charge is 0.383 e. The summed E-state index contributed by atoms with van der Waals surface area (Å²) in [6, 6.07) is 4.70. The topological polar surface area (TPSA) is 109 Å². The van der Waals surface area contributed by atoms with Crippen LogP contribution in [-0.2, 0) is 14.3 Å². The van der Waals surface area contributed by atoms with E-state index in [0.29, 0.717) is 43.2 Å². The smallest absolute Gasteiger partial charge is 0.251 e. The molecule has 24 heavy (non-hydrogen) atoms. The van der Waals surface area contributed by atoms with Crippen LogP contribution < -0.4 is 21.3 Å². The second-order valence-corrected chi connectivity index (χ2v) is 5.16. The highest BCUT2D eigenvalue weighted by Crippen LogP contribution is 2.19. The maximum absolute atomic E-state index is 12.2. The molecular weight excluding hydrogens is 312 g/mol. The van der Waals surface area contributed by atoms with Gasteiger partial charge in [-0.1, -0.05) is 0 Å². The monoisotopic (exact) mass is 336 g/mol. The molecule has 0 radical (unpaired) electrons. The molecule has 0 unspecified atom stereocenters. The fraction of sp³-hybridized carbons (Fsp3) is 0.438. The summed E-state index contributed by atoms with van der Waals surface area (Å²) in [6.07, 6.45) is 0. The van der Waals surface area contributed by atoms with Crippen molar-refractivity contribution in [2.45, 2.75) is 13.8 Å². The van der Waals surface area contributed by atoms with E-state index in [1.54, 1.807) is 25.3 Å². The van der Waals surface area contributed by atoms with Gasteiger partial charge in [0.1, 0.15) is 0 Å². The molecule has 1 aromatic carbocycles. The van der Waals surface area contributed by atoms with E-state index in [0.717, 1.165) is 0 Å². The highest BCUT2D eigenvalue weighted by atomic mass is 16.5. The Morgan fingerprint density at radius 1 is 0.917 bits per heavy atom. The molecule has 0 aliphatic heterocycles. The number of hydrogen-bond donors (Lipinski definition) is 4. The van der Waals surface area contributed by atoms with Crippen molar-refractivity contribution in [2.75, 3.05) is 44.0 Å². The Morgan fingerprint density at radius 3 is 2.00 bits per heavy atom. The Bertz CT molecular complexity index is 555. The van der Waals surface area contributed by atoms with Gasteiger partial charge in [0.25, 0.3) is 5.91 Å². The van der Waals surface area contributed by atoms with Crippen LogP contribution in [0.4, 0.5) is 11.4 Å². The SMILES string of the molecule is COCCNCCNC(=O)c1cc(NC(C)=O)cc(NC(C)=O)c1. The third kappa shape index (κ3) is 7.70. The fourth-order valence-electron chi connectivity index (χ4n) is 1.98. The number of methoxy groups -OCH3 is 1. The van der Waals surface area contributed by atoms with Crippen LogP contribution in [0.1, 0.15) is 24.2 Å². The lowest BCUT2D eigenvalue weighted by Gasteiger charge is -2.11. The summed E-state index contributed by atoms with van der Waals surface area (Å²) in [7, 11) is 1.62. The van der Waals surface area contributed by atoms with E-state index >= 15 is 0 Å². The van der Waals surface area contributed by atoms with Crippen LogP contribution in [0.5, 0.6) is 0 Å². The second-order valence-electron chi connectivity index (χ2n) is 5.16. The van der Waals surface area contributed by atoms with Crippen LogP contribution in [0.3, 0.4) is 0 Å². The van der Waals surface area contributed by atoms with Gasteiger partial charge in [0, 0.05) is 57.5 Å². The second kappa shape index (κ2) is 10.3. The summed E-state index contributed by atoms with van der Waals surface area (Å²) in [5.74, 6) is -0.810. The Morgan fingerprint density at radius 2 is 1.50 bits per heavy atom. The van der Waals surface area contributed by atoms with Gasteiger partial charge >= 0.3 is 0 Å². The van der Waals surface area contributed by atoms with Crippen molar-refractivity contribution < 1.29 is 19.1 Å². The standard InChI is InChI=1S/C16H24N4O4/c1-11(21)19-14-8-13(9-15(10-14)20-12(2)22)16(23)18-5-4-17-6-7-24-3/h8-10,17H,4-7H2,1-3H3,(H,18,23)(H,19,21)(H,20,22). The maximum Gasteiger partial charge on any atom is 0.251 e. The van der Waals surface area contributed by atoms with E-state index < -0.39 is 0 Å². The number of carbonyl (C=O) groups is 3. The van der Waals surface area contributed by atoms with Crippen LogP contribution >= 0.6 is 0 Å². The van der Waals surface area contributed by atoms with Crippen molar-refractivity contribution in [3.05, 3.63) is 23.8 Å². The summed E-state index contributed by atoms with van der Waals surface area (Å²) in [6.45, 7) is 5.11. The Balaban J connectivity index is 2.71. The number of benzene rings is 1. The Labute approximate surface area is 141 Å². The first-order valence-electron chi connectivity index (χ1n) is 7.60. The van der Waals surface area contributed by atoms with E-state index in [9.17, 15) is 14.4 Å². The molecule has 0 saturated carbocycles. The zero-order valence-electron chi connectivity index (χ0n) is 14.2. The van der Waals surface area contributed by atoms with Gasteiger partial charge in [0.15, 0.2) is 0 Å². The fourth-order valence-corrected chi connectivity index (χ4v) is 1.98. The van der Waals surface area contributed by atoms with E-state index in [2.05, 4.69) is 21.3 Å². The van der Waals surface area contributed by atoms with Crippen LogP contribution in [0.25, 0.3) is 0 Å². The molecule has 3 amide bonds. The van der Waals surface area contributed by atoms with Crippen LogP contribution in [0, 0.1) is 0 Å². The molecule has 4 N–H and O–H groups in total. The average molecular weight is 336 g/mol. The third-order valence-electron chi connectivity index (χ3n) is 2.91. The molecule has 0 atom stereocenters. The third-order valence-corrected chi connectivity index (χ3v) is 2.91. The van der Waals surface area contributed by atoms with Crippen molar-refractivity contribution in [2.24, 2.45) is 0 Å². The summed E-state index contributed by atoms with van der Waals surface area (Å²) in [4.78, 5) is 34.6. The normalized spacial score (nSPS) is 10.1. The van der Waals surface area contributed by atoms with Gasteiger partial charge in [0.05, 0.1) is 6.61 Å². The number of ether oxygens (including phenoxy) is 1. The van der Waals surface area contributed by atoms with Crippen LogP contribution in [0.15, 0.2) is 18.2 Å². The molecule has 132 valence electrons. The summed E-state index contributed by atoms with van der Waals surface area (Å²) in [5.41, 5.74) is 1.23. The van der Waals surface area contributed by atoms with Crippen molar-refractivity contribution in [3.63, 3.8) is 0 Å². The first kappa shape index (κ1) is 19.6. The van der Waals surface area contributed by atoms with Crippen molar-refractivity contribution in [1.82, 2.24) is 10.6 Å². The van der Waals surface area contributed by atoms with E-state index in [1.165, 1.54) is 13.8 Å². The predicted octanol–water partition coefficient (Wildman–Crippen LogP) is 0.569. The van der Waals surface area contributed by atoms with Gasteiger partial charge in [-0.25, -0.2) is 0 Å². The minimum Gasteiger partial charge on any atom is -0.383 e. The highest BCUT2D eigenvalue weighted by Gasteiger charge is 2.10. The first-order chi connectivity index (χ1) is 11.4. The zero-order valence-corrected chi connectivity index (χ0v) is 14.2. The molecule has 0 bridgehead atoms. The lowest BCUT2D eigenvalue weighted by atomic mass is 10.1. The van der Waals surface area contributed by atoms with Crippen molar-refractivity contribution in [1.29, 1.82) is 0 Å². The molecule has 0 fully saturated rings. The van der Waals surface area contributed by atoms with E-state index in [-0.39, 0.29) is 17.7 Å². The molecule has 0 spiro atoms. The minimum atomic E-state index is -0.289. The molecule has 0 aliphatic carbocycles. The summed E-state index contributed by atoms with van der Waals surface area (Å²) >= 11 is 0. The highest BCUT2D eigenvalue weighted by molar-refractivity contribution is 5.99. The van der Waals surface area contributed by atoms with Gasteiger partial charge in [0.2, 0.25) is 11.8 Å². The van der Waals surface area contributed by atoms with Crippen LogP contribution in [0.2, 0.25) is 0 Å². The van der Waals surface area contributed by atoms with Gasteiger partial charge in [-0.15, -0.1) is 0 Å². The molecule has 0 aliphatic rings. The molecular formula is C16H24N4O4. The van der Waals surface area contributed by atoms with Gasteiger partial charge < -0.3 is 26.0 Å². The molecule has 0 heterocycles. The maximum atomic E-state index is 12.2. The molecule has 0 aromatic heterocycles. The quantitative estimate of drug-likeness (QED) is 0.493. The number of nitrogens with one attached hydrogen (secondary N) is 4. The number of anilines is 2. The number of hydrogen-bond acceptors (Lipinski definition) is 5. The number of amides is 3. The molecule has 1 rings (SSSR count). The predicted molar refractivity (Wildman–Crippen MR) is 92.1 cm³/mol. The van der Waals surface area contributed by atoms with Gasteiger partial charge in [-0.05, 0) is 18.2 Å². The van der Waals surface area contributed by atoms with Crippen LogP contribution in [-0.4, -0.2) is 51.1 Å². The van der Waals surface area contributed by atoms with Crippen molar-refractivity contribution >= 4 is 29.1 Å². The van der Waals surface area contributed by atoms with E-state index in [1.807, 2.05) is 0 Å². The number of rotatable bonds is 9. The molecule has 1 aromatic rings. The Kier molecular flexibility index (Phi) is 8.45. The van der Waals surface area contributed by atoms with Crippen molar-refractivity contribution in [3.8, 4) is 0 Å². The lowest BCUT2D eigenvalue weighted by molar-refractivity contribution is -0.115. The molecule has 8 nitrogen and oxygen atoms in total. The van der Waals surface area contributed by atoms with E-state index in [4.69, 9.17) is 4.74 Å². The first-order valence-corrected chi connectivity index (χ1v) is 7.60. The summed E-state index contributed by atoms with van der Waals surface area (Å²) < 4.78 is 4.91. The molecule has 0 saturated heterocycles. The average Bonchev–Trinajstić information content (AvgIpc) is 2.48.